The first kappa shape index (κ1) is 26.7. The highest BCUT2D eigenvalue weighted by Crippen LogP contribution is 2.65. The smallest absolute Gasteiger partial charge is 0.136 e. The number of fused-ring (bicyclic) bond motifs is 6. The third-order valence-corrected chi connectivity index (χ3v) is 11.5. The highest BCUT2D eigenvalue weighted by atomic mass is 16.6. The Labute approximate surface area is 234 Å². The van der Waals surface area contributed by atoms with Crippen molar-refractivity contribution in [3.05, 3.63) is 42.2 Å². The number of anilines is 1. The van der Waals surface area contributed by atoms with E-state index in [0.29, 0.717) is 35.2 Å². The van der Waals surface area contributed by atoms with Crippen LogP contribution in [0.3, 0.4) is 0 Å². The fourth-order valence-corrected chi connectivity index (χ4v) is 9.30. The van der Waals surface area contributed by atoms with E-state index in [1.807, 2.05) is 24.3 Å². The first-order valence-electron chi connectivity index (χ1n) is 15.5. The lowest BCUT2D eigenvalue weighted by atomic mass is 9.45. The maximum Gasteiger partial charge on any atom is 0.136 e. The van der Waals surface area contributed by atoms with Crippen LogP contribution in [0.4, 0.5) is 5.69 Å². The third-order valence-electron chi connectivity index (χ3n) is 11.5. The van der Waals surface area contributed by atoms with Gasteiger partial charge in [0.25, 0.3) is 0 Å². The van der Waals surface area contributed by atoms with Gasteiger partial charge in [-0.05, 0) is 123 Å². The minimum Gasteiger partial charge on any atom is -0.457 e. The molecule has 39 heavy (non-hydrogen) atoms. The van der Waals surface area contributed by atoms with Gasteiger partial charge in [-0.25, -0.2) is 0 Å². The Hall–Kier alpha value is -2.56. The van der Waals surface area contributed by atoms with Gasteiger partial charge in [0.1, 0.15) is 23.9 Å². The van der Waals surface area contributed by atoms with E-state index < -0.39 is 0 Å². The molecule has 1 heterocycles. The molecule has 1 aromatic rings. The first-order valence-corrected chi connectivity index (χ1v) is 15.5. The summed E-state index contributed by atoms with van der Waals surface area (Å²) in [5, 5.41) is 4.78. The van der Waals surface area contributed by atoms with Gasteiger partial charge in [-0.1, -0.05) is 25.6 Å². The lowest BCUT2D eigenvalue weighted by Gasteiger charge is -2.59. The molecule has 4 fully saturated rings. The molecule has 5 heteroatoms. The van der Waals surface area contributed by atoms with Crippen LogP contribution >= 0.6 is 0 Å². The molecule has 0 unspecified atom stereocenters. The van der Waals surface area contributed by atoms with Crippen molar-refractivity contribution < 1.29 is 14.4 Å². The van der Waals surface area contributed by atoms with Crippen LogP contribution in [0, 0.1) is 34.5 Å². The van der Waals surface area contributed by atoms with E-state index in [4.69, 9.17) is 20.5 Å². The number of oxime groups is 1. The number of hydrogen-bond donors (Lipinski definition) is 1. The van der Waals surface area contributed by atoms with Gasteiger partial charge in [0.15, 0.2) is 0 Å². The number of unbranched alkanes of at least 4 members (excludes halogenated alkanes) is 2. The minimum absolute atomic E-state index is 0.198. The molecule has 1 aromatic carbocycles. The molecule has 0 saturated heterocycles. The van der Waals surface area contributed by atoms with Crippen LogP contribution in [0.25, 0.3) is 5.57 Å². The summed E-state index contributed by atoms with van der Waals surface area (Å²) in [6, 6.07) is 5.86. The molecule has 0 radical (unpaired) electrons. The van der Waals surface area contributed by atoms with E-state index in [2.05, 4.69) is 20.4 Å². The molecular weight excluding hydrogens is 484 g/mol. The van der Waals surface area contributed by atoms with E-state index in [0.717, 1.165) is 80.4 Å². The number of benzene rings is 1. The zero-order valence-electron chi connectivity index (χ0n) is 24.0. The number of rotatable bonds is 7. The summed E-state index contributed by atoms with van der Waals surface area (Å²) >= 11 is 0. The molecule has 0 bridgehead atoms. The molecule has 4 aliphatic carbocycles. The standard InChI is InChI=1S/C34H46N2O3/c1-22-19-23(27-11-9-25(35)21-31(27)39-22)7-5-4-6-18-38-36-32-13-12-29-28-10-8-24-20-26(37)14-16-33(24,2)30(28)15-17-34(29,32)3/h9,11,19,21,24,28-30H,1,4-8,10,12-18,20,35H2,2-3H3/b36-32-/t24-,28-,29-,30-,33-,34-/m0/s1. The largest absolute Gasteiger partial charge is 0.457 e. The molecule has 4 saturated carbocycles. The van der Waals surface area contributed by atoms with E-state index in [-0.39, 0.29) is 5.41 Å². The lowest BCUT2D eigenvalue weighted by Crippen LogP contribution is -2.53. The third kappa shape index (κ3) is 4.85. The normalized spacial score (nSPS) is 36.4. The lowest BCUT2D eigenvalue weighted by molar-refractivity contribution is -0.136. The van der Waals surface area contributed by atoms with E-state index >= 15 is 0 Å². The topological polar surface area (TPSA) is 73.9 Å². The Morgan fingerprint density at radius 3 is 2.82 bits per heavy atom. The molecule has 0 aromatic heterocycles. The van der Waals surface area contributed by atoms with Crippen molar-refractivity contribution in [3.63, 3.8) is 0 Å². The molecule has 2 N–H and O–H groups in total. The van der Waals surface area contributed by atoms with Crippen molar-refractivity contribution in [2.45, 2.75) is 97.3 Å². The minimum atomic E-state index is 0.198. The first-order chi connectivity index (χ1) is 18.8. The summed E-state index contributed by atoms with van der Waals surface area (Å²) in [5.41, 5.74) is 10.9. The number of ether oxygens (including phenoxy) is 1. The number of nitrogens with zero attached hydrogens (tertiary/aromatic N) is 1. The summed E-state index contributed by atoms with van der Waals surface area (Å²) in [6.45, 7) is 9.68. The zero-order valence-corrected chi connectivity index (χ0v) is 24.0. The summed E-state index contributed by atoms with van der Waals surface area (Å²) in [4.78, 5) is 18.1. The van der Waals surface area contributed by atoms with Crippen molar-refractivity contribution >= 4 is 22.8 Å². The molecule has 0 amide bonds. The molecular formula is C34H46N2O3. The van der Waals surface area contributed by atoms with Crippen molar-refractivity contribution in [3.8, 4) is 5.75 Å². The molecule has 6 atom stereocenters. The van der Waals surface area contributed by atoms with Crippen LogP contribution in [0.5, 0.6) is 5.75 Å². The molecule has 1 aliphatic heterocycles. The number of nitrogen functional groups attached to an aromatic ring is 1. The Kier molecular flexibility index (Phi) is 7.14. The Bertz CT molecular complexity index is 1200. The van der Waals surface area contributed by atoms with Crippen LogP contribution in [0.2, 0.25) is 0 Å². The number of ketones is 1. The van der Waals surface area contributed by atoms with Crippen LogP contribution in [0.1, 0.15) is 103 Å². The number of carbonyl (C=O) groups is 1. The van der Waals surface area contributed by atoms with Gasteiger partial charge in [-0.3, -0.25) is 4.79 Å². The van der Waals surface area contributed by atoms with Gasteiger partial charge in [-0.2, -0.15) is 0 Å². The second-order valence-electron chi connectivity index (χ2n) is 13.6. The number of allylic oxidation sites excluding steroid dienone is 2. The van der Waals surface area contributed by atoms with E-state index in [1.165, 1.54) is 43.4 Å². The van der Waals surface area contributed by atoms with Crippen LogP contribution in [-0.2, 0) is 9.63 Å². The maximum absolute atomic E-state index is 12.2. The summed E-state index contributed by atoms with van der Waals surface area (Å²) in [6.07, 6.45) is 16.4. The van der Waals surface area contributed by atoms with Crippen LogP contribution in [-0.4, -0.2) is 18.1 Å². The number of carbonyl (C=O) groups excluding carboxylic acids is 1. The van der Waals surface area contributed by atoms with Crippen LogP contribution < -0.4 is 10.5 Å². The Balaban J connectivity index is 0.990. The number of nitrogens with two attached hydrogens (primary N) is 1. The molecule has 5 aliphatic rings. The van der Waals surface area contributed by atoms with Gasteiger partial charge in [0.05, 0.1) is 5.71 Å². The molecule has 210 valence electrons. The van der Waals surface area contributed by atoms with Crippen molar-refractivity contribution in [2.75, 3.05) is 12.3 Å². The number of Topliss-reactive ketones (excluding diaryl/α,β-unsaturated/α-hetero) is 1. The molecule has 5 nitrogen and oxygen atoms in total. The summed E-state index contributed by atoms with van der Waals surface area (Å²) < 4.78 is 5.76. The summed E-state index contributed by atoms with van der Waals surface area (Å²) in [7, 11) is 0. The van der Waals surface area contributed by atoms with Gasteiger partial charge >= 0.3 is 0 Å². The average Bonchev–Trinajstić information content (AvgIpc) is 3.24. The fourth-order valence-electron chi connectivity index (χ4n) is 9.30. The van der Waals surface area contributed by atoms with Gasteiger partial charge < -0.3 is 15.3 Å². The fraction of sp³-hybridized carbons (Fsp3) is 0.647. The van der Waals surface area contributed by atoms with Crippen molar-refractivity contribution in [1.29, 1.82) is 0 Å². The van der Waals surface area contributed by atoms with Crippen molar-refractivity contribution in [1.82, 2.24) is 0 Å². The second kappa shape index (κ2) is 10.4. The van der Waals surface area contributed by atoms with Crippen molar-refractivity contribution in [2.24, 2.45) is 39.7 Å². The SMILES string of the molecule is C=C1C=C(CCCCCO/N=C2/CC[C@H]3[C@@H]4CC[C@H]5CC(=O)CC[C@]5(C)[C@H]4CC[C@]23C)c2ccc(N)cc2O1. The Morgan fingerprint density at radius 2 is 1.95 bits per heavy atom. The average molecular weight is 531 g/mol. The number of hydrogen-bond acceptors (Lipinski definition) is 5. The van der Waals surface area contributed by atoms with E-state index in [9.17, 15) is 4.79 Å². The predicted octanol–water partition coefficient (Wildman–Crippen LogP) is 8.10. The van der Waals surface area contributed by atoms with Gasteiger partial charge in [0, 0.05) is 35.6 Å². The molecule has 6 rings (SSSR count). The maximum atomic E-state index is 12.2. The highest BCUT2D eigenvalue weighted by Gasteiger charge is 2.59. The second-order valence-corrected chi connectivity index (χ2v) is 13.6. The van der Waals surface area contributed by atoms with E-state index in [1.54, 1.807) is 0 Å². The Morgan fingerprint density at radius 1 is 1.08 bits per heavy atom. The highest BCUT2D eigenvalue weighted by molar-refractivity contribution is 5.92. The monoisotopic (exact) mass is 530 g/mol. The predicted molar refractivity (Wildman–Crippen MR) is 157 cm³/mol. The van der Waals surface area contributed by atoms with Crippen LogP contribution in [0.15, 0.2) is 41.8 Å². The summed E-state index contributed by atoms with van der Waals surface area (Å²) in [5.74, 6) is 4.93. The quantitative estimate of drug-likeness (QED) is 0.219. The zero-order chi connectivity index (χ0) is 27.2. The van der Waals surface area contributed by atoms with Gasteiger partial charge in [0.2, 0.25) is 0 Å². The van der Waals surface area contributed by atoms with Gasteiger partial charge in [-0.15, -0.1) is 0 Å². The molecule has 0 spiro atoms.